The number of rotatable bonds is 9. The maximum absolute atomic E-state index is 13.8. The van der Waals surface area contributed by atoms with Gasteiger partial charge in [0.2, 0.25) is 11.8 Å². The summed E-state index contributed by atoms with van der Waals surface area (Å²) in [4.78, 5) is 52.5. The maximum Gasteiger partial charge on any atom is 0.452 e. The number of methoxy groups -OCH3 is 1. The Labute approximate surface area is 223 Å². The van der Waals surface area contributed by atoms with E-state index in [9.17, 15) is 32.3 Å². The standard InChI is InChI=1S/C28H28F3N3O5/c1-17(2)25(26(37)28(29,30)31)32-24(36)16-33-22(19-8-6-5-7-9-19)14-15-23(27(33)38)34(18(3)35)20-10-12-21(39-4)13-11-20/h5-15,17,25H,16H2,1-4H3,(H,32,36). The third-order valence-corrected chi connectivity index (χ3v) is 5.96. The first-order valence-corrected chi connectivity index (χ1v) is 12.0. The minimum atomic E-state index is -5.14. The van der Waals surface area contributed by atoms with Crippen LogP contribution >= 0.6 is 0 Å². The molecule has 0 radical (unpaired) electrons. The number of hydrogen-bond acceptors (Lipinski definition) is 5. The molecule has 3 rings (SSSR count). The van der Waals surface area contributed by atoms with Gasteiger partial charge in [0.25, 0.3) is 11.3 Å². The molecule has 0 aliphatic carbocycles. The fourth-order valence-corrected chi connectivity index (χ4v) is 4.05. The highest BCUT2D eigenvalue weighted by Crippen LogP contribution is 2.28. The van der Waals surface area contributed by atoms with Gasteiger partial charge in [-0.05, 0) is 47.9 Å². The molecule has 2 amide bonds. The van der Waals surface area contributed by atoms with Crippen molar-refractivity contribution in [1.29, 1.82) is 0 Å². The Hall–Kier alpha value is -4.41. The van der Waals surface area contributed by atoms with Crippen LogP contribution in [0.4, 0.5) is 24.5 Å². The molecule has 1 heterocycles. The molecular formula is C28H28F3N3O5. The average molecular weight is 544 g/mol. The smallest absolute Gasteiger partial charge is 0.452 e. The van der Waals surface area contributed by atoms with Crippen LogP contribution in [0.5, 0.6) is 5.75 Å². The number of anilines is 2. The third-order valence-electron chi connectivity index (χ3n) is 5.96. The van der Waals surface area contributed by atoms with Crippen LogP contribution in [-0.4, -0.2) is 41.5 Å². The number of halogens is 3. The molecule has 0 spiro atoms. The van der Waals surface area contributed by atoms with Gasteiger partial charge in [-0.15, -0.1) is 0 Å². The lowest BCUT2D eigenvalue weighted by molar-refractivity contribution is -0.174. The minimum absolute atomic E-state index is 0.0769. The number of nitrogens with zero attached hydrogens (tertiary/aromatic N) is 2. The van der Waals surface area contributed by atoms with Crippen molar-refractivity contribution in [3.8, 4) is 17.0 Å². The Bertz CT molecular complexity index is 1400. The number of alkyl halides is 3. The van der Waals surface area contributed by atoms with E-state index >= 15 is 0 Å². The number of pyridine rings is 1. The Morgan fingerprint density at radius 2 is 1.59 bits per heavy atom. The molecule has 0 saturated heterocycles. The SMILES string of the molecule is COc1ccc(N(C(C)=O)c2ccc(-c3ccccc3)n(CC(=O)NC(C(=O)C(F)(F)F)C(C)C)c2=O)cc1. The predicted molar refractivity (Wildman–Crippen MR) is 140 cm³/mol. The van der Waals surface area contributed by atoms with E-state index in [2.05, 4.69) is 5.32 Å². The number of benzene rings is 2. The van der Waals surface area contributed by atoms with E-state index in [0.717, 1.165) is 9.47 Å². The predicted octanol–water partition coefficient (Wildman–Crippen LogP) is 4.48. The zero-order valence-corrected chi connectivity index (χ0v) is 21.8. The molecular weight excluding hydrogens is 515 g/mol. The number of ether oxygens (including phenoxy) is 1. The summed E-state index contributed by atoms with van der Waals surface area (Å²) in [5.74, 6) is -3.87. The van der Waals surface area contributed by atoms with E-state index in [0.29, 0.717) is 22.7 Å². The van der Waals surface area contributed by atoms with Crippen molar-refractivity contribution in [3.05, 3.63) is 77.1 Å². The van der Waals surface area contributed by atoms with E-state index in [1.54, 1.807) is 60.7 Å². The summed E-state index contributed by atoms with van der Waals surface area (Å²) in [6.45, 7) is 3.31. The van der Waals surface area contributed by atoms with Crippen molar-refractivity contribution in [2.45, 2.75) is 39.5 Å². The van der Waals surface area contributed by atoms with Crippen LogP contribution in [-0.2, 0) is 20.9 Å². The Balaban J connectivity index is 2.10. The summed E-state index contributed by atoms with van der Waals surface area (Å²) in [7, 11) is 1.48. The zero-order valence-electron chi connectivity index (χ0n) is 21.8. The molecule has 0 fully saturated rings. The number of carbonyl (C=O) groups is 3. The number of carbonyl (C=O) groups excluding carboxylic acids is 3. The molecule has 1 N–H and O–H groups in total. The molecule has 39 heavy (non-hydrogen) atoms. The first-order chi connectivity index (χ1) is 18.3. The summed E-state index contributed by atoms with van der Waals surface area (Å²) in [6.07, 6.45) is -5.14. The molecule has 0 bridgehead atoms. The summed E-state index contributed by atoms with van der Waals surface area (Å²) in [5, 5.41) is 2.13. The van der Waals surface area contributed by atoms with E-state index < -0.39 is 47.8 Å². The van der Waals surface area contributed by atoms with Gasteiger partial charge in [0.15, 0.2) is 0 Å². The highest BCUT2D eigenvalue weighted by molar-refractivity contribution is 5.99. The number of ketones is 1. The lowest BCUT2D eigenvalue weighted by atomic mass is 9.99. The molecule has 3 aromatic rings. The second-order valence-corrected chi connectivity index (χ2v) is 9.06. The van der Waals surface area contributed by atoms with E-state index in [1.165, 1.54) is 33.9 Å². The fourth-order valence-electron chi connectivity index (χ4n) is 4.05. The molecule has 2 aromatic carbocycles. The number of nitrogens with one attached hydrogen (secondary N) is 1. The van der Waals surface area contributed by atoms with Crippen molar-refractivity contribution in [2.75, 3.05) is 12.0 Å². The molecule has 1 unspecified atom stereocenters. The largest absolute Gasteiger partial charge is 0.497 e. The number of amides is 2. The quantitative estimate of drug-likeness (QED) is 0.429. The Kier molecular flexibility index (Phi) is 8.95. The van der Waals surface area contributed by atoms with Gasteiger partial charge in [-0.3, -0.25) is 28.6 Å². The van der Waals surface area contributed by atoms with Crippen molar-refractivity contribution in [3.63, 3.8) is 0 Å². The topological polar surface area (TPSA) is 97.7 Å². The number of aromatic nitrogens is 1. The van der Waals surface area contributed by atoms with Crippen LogP contribution < -0.4 is 20.5 Å². The Morgan fingerprint density at radius 1 is 0.974 bits per heavy atom. The Morgan fingerprint density at radius 3 is 2.10 bits per heavy atom. The van der Waals surface area contributed by atoms with Gasteiger partial charge >= 0.3 is 6.18 Å². The second kappa shape index (κ2) is 12.0. The molecule has 1 atom stereocenters. The first kappa shape index (κ1) is 29.2. The molecule has 11 heteroatoms. The summed E-state index contributed by atoms with van der Waals surface area (Å²) >= 11 is 0. The normalized spacial score (nSPS) is 12.1. The van der Waals surface area contributed by atoms with E-state index in [-0.39, 0.29) is 5.69 Å². The summed E-state index contributed by atoms with van der Waals surface area (Å²) < 4.78 is 45.5. The highest BCUT2D eigenvalue weighted by Gasteiger charge is 2.45. The molecule has 8 nitrogen and oxygen atoms in total. The van der Waals surface area contributed by atoms with Gasteiger partial charge in [-0.25, -0.2) is 0 Å². The number of hydrogen-bond donors (Lipinski definition) is 1. The minimum Gasteiger partial charge on any atom is -0.497 e. The van der Waals surface area contributed by atoms with Crippen LogP contribution in [0.3, 0.4) is 0 Å². The van der Waals surface area contributed by atoms with Gasteiger partial charge in [-0.2, -0.15) is 13.2 Å². The van der Waals surface area contributed by atoms with Gasteiger partial charge in [0.1, 0.15) is 18.0 Å². The van der Waals surface area contributed by atoms with Gasteiger partial charge in [0, 0.05) is 12.6 Å². The molecule has 0 aliphatic rings. The first-order valence-electron chi connectivity index (χ1n) is 12.0. The van der Waals surface area contributed by atoms with Crippen LogP contribution in [0.2, 0.25) is 0 Å². The molecule has 0 aliphatic heterocycles. The van der Waals surface area contributed by atoms with Gasteiger partial charge in [0.05, 0.1) is 18.8 Å². The average Bonchev–Trinajstić information content (AvgIpc) is 2.89. The molecule has 0 saturated carbocycles. The van der Waals surface area contributed by atoms with Gasteiger partial charge in [-0.1, -0.05) is 44.2 Å². The van der Waals surface area contributed by atoms with Crippen molar-refractivity contribution < 1.29 is 32.3 Å². The lowest BCUT2D eigenvalue weighted by Crippen LogP contribution is -2.51. The summed E-state index contributed by atoms with van der Waals surface area (Å²) in [6, 6.07) is 16.1. The zero-order chi connectivity index (χ0) is 28.9. The van der Waals surface area contributed by atoms with Crippen LogP contribution in [0.25, 0.3) is 11.3 Å². The molecule has 206 valence electrons. The van der Waals surface area contributed by atoms with E-state index in [4.69, 9.17) is 4.74 Å². The second-order valence-electron chi connectivity index (χ2n) is 9.06. The van der Waals surface area contributed by atoms with Crippen molar-refractivity contribution in [1.82, 2.24) is 9.88 Å². The monoisotopic (exact) mass is 543 g/mol. The van der Waals surface area contributed by atoms with Crippen LogP contribution in [0, 0.1) is 5.92 Å². The number of Topliss-reactive ketones (excluding diaryl/α,β-unsaturated/α-hetero) is 1. The van der Waals surface area contributed by atoms with Crippen molar-refractivity contribution >= 4 is 29.0 Å². The fraction of sp³-hybridized carbons (Fsp3) is 0.286. The third kappa shape index (κ3) is 6.73. The van der Waals surface area contributed by atoms with Crippen LogP contribution in [0.1, 0.15) is 20.8 Å². The summed E-state index contributed by atoms with van der Waals surface area (Å²) in [5.41, 5.74) is 0.396. The van der Waals surface area contributed by atoms with E-state index in [1.807, 2.05) is 0 Å². The van der Waals surface area contributed by atoms with Crippen molar-refractivity contribution in [2.24, 2.45) is 5.92 Å². The highest BCUT2D eigenvalue weighted by atomic mass is 19.4. The molecule has 1 aromatic heterocycles. The lowest BCUT2D eigenvalue weighted by Gasteiger charge is -2.25. The maximum atomic E-state index is 13.8. The van der Waals surface area contributed by atoms with Gasteiger partial charge < -0.3 is 10.1 Å². The van der Waals surface area contributed by atoms with Crippen LogP contribution in [0.15, 0.2) is 71.5 Å².